The topological polar surface area (TPSA) is 82.8 Å². The maximum atomic E-state index is 12.7. The summed E-state index contributed by atoms with van der Waals surface area (Å²) in [7, 11) is 0. The molecule has 3 heterocycles. The average Bonchev–Trinajstić information content (AvgIpc) is 3.12. The van der Waals surface area contributed by atoms with Gasteiger partial charge in [-0.3, -0.25) is 4.40 Å². The number of hydrogen-bond acceptors (Lipinski definition) is 4. The molecule has 29 heavy (non-hydrogen) atoms. The summed E-state index contributed by atoms with van der Waals surface area (Å²) in [4.78, 5) is 14.5. The number of aryl methyl sites for hydroxylation is 1. The van der Waals surface area contributed by atoms with Crippen LogP contribution in [0.25, 0.3) is 5.65 Å². The molecule has 1 atom stereocenters. The molecule has 0 radical (unpaired) electrons. The van der Waals surface area contributed by atoms with Crippen molar-refractivity contribution in [2.75, 3.05) is 13.1 Å². The van der Waals surface area contributed by atoms with E-state index in [1.165, 1.54) is 5.56 Å². The predicted molar refractivity (Wildman–Crippen MR) is 111 cm³/mol. The quantitative estimate of drug-likeness (QED) is 0.714. The van der Waals surface area contributed by atoms with Crippen molar-refractivity contribution < 1.29 is 9.90 Å². The van der Waals surface area contributed by atoms with Gasteiger partial charge in [-0.15, -0.1) is 10.2 Å². The van der Waals surface area contributed by atoms with Gasteiger partial charge in [-0.1, -0.05) is 35.9 Å². The summed E-state index contributed by atoms with van der Waals surface area (Å²) < 4.78 is 1.88. The number of urea groups is 1. The lowest BCUT2D eigenvalue weighted by Crippen LogP contribution is -2.51. The summed E-state index contributed by atoms with van der Waals surface area (Å²) in [6.45, 7) is 5.02. The lowest BCUT2D eigenvalue weighted by Gasteiger charge is -2.38. The van der Waals surface area contributed by atoms with Crippen LogP contribution in [0.15, 0.2) is 48.7 Å². The Balaban J connectivity index is 1.35. The number of hydrogen-bond donors (Lipinski definition) is 2. The molecule has 0 saturated carbocycles. The fourth-order valence-corrected chi connectivity index (χ4v) is 4.00. The smallest absolute Gasteiger partial charge is 0.317 e. The number of carbonyl (C=O) groups excluding carboxylic acids is 1. The monoisotopic (exact) mass is 393 g/mol. The van der Waals surface area contributed by atoms with Crippen LogP contribution in [0.5, 0.6) is 0 Å². The minimum absolute atomic E-state index is 0.136. The van der Waals surface area contributed by atoms with Crippen LogP contribution in [0.3, 0.4) is 0 Å². The third-order valence-electron chi connectivity index (χ3n) is 5.66. The van der Waals surface area contributed by atoms with E-state index in [2.05, 4.69) is 40.6 Å². The molecule has 2 aromatic heterocycles. The van der Waals surface area contributed by atoms with Crippen molar-refractivity contribution in [3.8, 4) is 0 Å². The van der Waals surface area contributed by atoms with E-state index in [1.54, 1.807) is 4.90 Å². The van der Waals surface area contributed by atoms with Gasteiger partial charge in [0.2, 0.25) is 0 Å². The lowest BCUT2D eigenvalue weighted by molar-refractivity contribution is -0.0118. The van der Waals surface area contributed by atoms with E-state index in [1.807, 2.05) is 41.8 Å². The zero-order valence-corrected chi connectivity index (χ0v) is 16.9. The van der Waals surface area contributed by atoms with E-state index in [9.17, 15) is 9.90 Å². The summed E-state index contributed by atoms with van der Waals surface area (Å²) in [5.74, 6) is 0.696. The first-order valence-corrected chi connectivity index (χ1v) is 10.1. The molecule has 2 amide bonds. The number of pyridine rings is 1. The van der Waals surface area contributed by atoms with Gasteiger partial charge in [-0.2, -0.15) is 0 Å². The Morgan fingerprint density at radius 3 is 2.76 bits per heavy atom. The second kappa shape index (κ2) is 7.83. The summed E-state index contributed by atoms with van der Waals surface area (Å²) >= 11 is 0. The molecule has 1 unspecified atom stereocenters. The molecule has 1 aliphatic rings. The van der Waals surface area contributed by atoms with E-state index in [-0.39, 0.29) is 12.1 Å². The number of aromatic nitrogens is 3. The highest BCUT2D eigenvalue weighted by molar-refractivity contribution is 5.74. The van der Waals surface area contributed by atoms with Gasteiger partial charge in [-0.25, -0.2) is 4.79 Å². The number of nitrogens with zero attached hydrogens (tertiary/aromatic N) is 4. The Bertz CT molecular complexity index is 1010. The second-order valence-corrected chi connectivity index (χ2v) is 8.04. The van der Waals surface area contributed by atoms with Crippen molar-refractivity contribution in [1.29, 1.82) is 0 Å². The van der Waals surface area contributed by atoms with Crippen LogP contribution in [-0.4, -0.2) is 49.3 Å². The Morgan fingerprint density at radius 2 is 2.00 bits per heavy atom. The number of fused-ring (bicyclic) bond motifs is 1. The second-order valence-electron chi connectivity index (χ2n) is 8.04. The van der Waals surface area contributed by atoms with Gasteiger partial charge in [-0.05, 0) is 44.4 Å². The number of aliphatic hydroxyl groups is 1. The summed E-state index contributed by atoms with van der Waals surface area (Å²) in [6, 6.07) is 13.5. The predicted octanol–water partition coefficient (Wildman–Crippen LogP) is 2.88. The third-order valence-corrected chi connectivity index (χ3v) is 5.66. The zero-order chi connectivity index (χ0) is 20.4. The molecule has 7 heteroatoms. The number of nitrogens with one attached hydrogen (secondary N) is 1. The van der Waals surface area contributed by atoms with Crippen LogP contribution in [0.4, 0.5) is 4.79 Å². The fraction of sp³-hybridized carbons (Fsp3) is 0.409. The van der Waals surface area contributed by atoms with Crippen LogP contribution < -0.4 is 5.32 Å². The highest BCUT2D eigenvalue weighted by atomic mass is 16.3. The number of likely N-dealkylation sites (tertiary alicyclic amines) is 1. The highest BCUT2D eigenvalue weighted by Crippen LogP contribution is 2.27. The van der Waals surface area contributed by atoms with Crippen LogP contribution in [-0.2, 0) is 6.42 Å². The standard InChI is InChI=1S/C22H27N5O2/c1-16-6-5-7-18(14-16)15-22(29)9-12-26(13-10-22)21(28)23-17(2)20-25-24-19-8-3-4-11-27(19)20/h3-8,11,14,17,29H,9-10,12-13,15H2,1-2H3,(H,23,28). The molecule has 4 rings (SSSR count). The summed E-state index contributed by atoms with van der Waals surface area (Å²) in [5, 5.41) is 22.3. The minimum Gasteiger partial charge on any atom is -0.389 e. The van der Waals surface area contributed by atoms with Crippen LogP contribution in [0.2, 0.25) is 0 Å². The van der Waals surface area contributed by atoms with Gasteiger partial charge in [0.1, 0.15) is 0 Å². The van der Waals surface area contributed by atoms with Crippen LogP contribution in [0, 0.1) is 6.92 Å². The highest BCUT2D eigenvalue weighted by Gasteiger charge is 2.34. The molecule has 7 nitrogen and oxygen atoms in total. The van der Waals surface area contributed by atoms with Crippen molar-refractivity contribution in [3.05, 3.63) is 65.6 Å². The maximum absolute atomic E-state index is 12.7. The number of benzene rings is 1. The largest absolute Gasteiger partial charge is 0.389 e. The SMILES string of the molecule is Cc1cccc(CC2(O)CCN(C(=O)NC(C)c3nnc4ccccn34)CC2)c1. The van der Waals surface area contributed by atoms with E-state index in [4.69, 9.17) is 0 Å². The molecule has 3 aromatic rings. The van der Waals surface area contributed by atoms with Gasteiger partial charge < -0.3 is 15.3 Å². The number of rotatable bonds is 4. The Labute approximate surface area is 170 Å². The van der Waals surface area contributed by atoms with Gasteiger partial charge in [0, 0.05) is 25.7 Å². The zero-order valence-electron chi connectivity index (χ0n) is 16.9. The van der Waals surface area contributed by atoms with Crippen LogP contribution in [0.1, 0.15) is 42.8 Å². The molecular weight excluding hydrogens is 366 g/mol. The Kier molecular flexibility index (Phi) is 5.24. The molecule has 2 N–H and O–H groups in total. The third kappa shape index (κ3) is 4.24. The molecule has 1 aromatic carbocycles. The fourth-order valence-electron chi connectivity index (χ4n) is 4.00. The van der Waals surface area contributed by atoms with Gasteiger partial charge >= 0.3 is 6.03 Å². The first-order chi connectivity index (χ1) is 13.9. The molecule has 1 fully saturated rings. The van der Waals surface area contributed by atoms with Crippen molar-refractivity contribution in [1.82, 2.24) is 24.8 Å². The van der Waals surface area contributed by atoms with Gasteiger partial charge in [0.15, 0.2) is 11.5 Å². The summed E-state index contributed by atoms with van der Waals surface area (Å²) in [6.07, 6.45) is 3.64. The Hall–Kier alpha value is -2.93. The van der Waals surface area contributed by atoms with Gasteiger partial charge in [0.05, 0.1) is 11.6 Å². The normalized spacial score (nSPS) is 17.3. The lowest BCUT2D eigenvalue weighted by atomic mass is 9.85. The number of carbonyl (C=O) groups is 1. The molecule has 0 spiro atoms. The first-order valence-electron chi connectivity index (χ1n) is 10.1. The van der Waals surface area contributed by atoms with E-state index in [0.717, 1.165) is 11.2 Å². The van der Waals surface area contributed by atoms with Crippen molar-refractivity contribution in [2.45, 2.75) is 44.8 Å². The molecular formula is C22H27N5O2. The molecule has 0 bridgehead atoms. The maximum Gasteiger partial charge on any atom is 0.317 e. The first kappa shape index (κ1) is 19.4. The van der Waals surface area contributed by atoms with E-state index in [0.29, 0.717) is 38.2 Å². The minimum atomic E-state index is -0.764. The number of piperidine rings is 1. The molecule has 152 valence electrons. The molecule has 1 aliphatic heterocycles. The molecule has 1 saturated heterocycles. The average molecular weight is 393 g/mol. The molecule has 0 aliphatic carbocycles. The van der Waals surface area contributed by atoms with E-state index < -0.39 is 5.60 Å². The van der Waals surface area contributed by atoms with Crippen molar-refractivity contribution >= 4 is 11.7 Å². The van der Waals surface area contributed by atoms with Crippen molar-refractivity contribution in [3.63, 3.8) is 0 Å². The summed E-state index contributed by atoms with van der Waals surface area (Å²) in [5.41, 5.74) is 2.32. The van der Waals surface area contributed by atoms with E-state index >= 15 is 0 Å². The van der Waals surface area contributed by atoms with Gasteiger partial charge in [0.25, 0.3) is 0 Å². The Morgan fingerprint density at radius 1 is 1.21 bits per heavy atom. The van der Waals surface area contributed by atoms with Crippen LogP contribution >= 0.6 is 0 Å². The van der Waals surface area contributed by atoms with Crippen molar-refractivity contribution in [2.24, 2.45) is 0 Å². The number of amides is 2.